The zero-order valence-electron chi connectivity index (χ0n) is 12.8. The second-order valence-electron chi connectivity index (χ2n) is 5.01. The Hall–Kier alpha value is -1.81. The van der Waals surface area contributed by atoms with Crippen molar-refractivity contribution in [2.75, 3.05) is 25.1 Å². The summed E-state index contributed by atoms with van der Waals surface area (Å²) in [7, 11) is 0. The van der Waals surface area contributed by atoms with Crippen molar-refractivity contribution in [3.8, 4) is 0 Å². The second kappa shape index (κ2) is 9.19. The Morgan fingerprint density at radius 2 is 2.05 bits per heavy atom. The number of benzene rings is 1. The van der Waals surface area contributed by atoms with Gasteiger partial charge in [0.05, 0.1) is 0 Å². The summed E-state index contributed by atoms with van der Waals surface area (Å²) in [4.78, 5) is 4.37. The molecule has 21 heavy (non-hydrogen) atoms. The Kier molecular flexibility index (Phi) is 6.81. The van der Waals surface area contributed by atoms with Crippen LogP contribution in [0.2, 0.25) is 0 Å². The van der Waals surface area contributed by atoms with Crippen LogP contribution in [-0.2, 0) is 17.7 Å². The molecule has 1 N–H and O–H groups in total. The van der Waals surface area contributed by atoms with Crippen molar-refractivity contribution in [1.29, 1.82) is 0 Å². The van der Waals surface area contributed by atoms with Crippen LogP contribution in [0.15, 0.2) is 42.7 Å². The molecule has 0 spiro atoms. The molecule has 0 atom stereocenters. The first-order valence-corrected chi connectivity index (χ1v) is 7.77. The van der Waals surface area contributed by atoms with E-state index >= 15 is 0 Å². The molecular weight excluding hydrogens is 262 g/mol. The topological polar surface area (TPSA) is 39.1 Å². The molecule has 114 valence electrons. The number of hydrogen-bond acceptors (Lipinski definition) is 3. The molecule has 0 aliphatic carbocycles. The first-order chi connectivity index (χ1) is 10.4. The number of nitrogens with zero attached hydrogens (tertiary/aromatic N) is 2. The smallest absolute Gasteiger partial charge is 0.202 e. The van der Waals surface area contributed by atoms with Crippen molar-refractivity contribution in [2.45, 2.75) is 32.7 Å². The van der Waals surface area contributed by atoms with E-state index in [0.717, 1.165) is 51.5 Å². The van der Waals surface area contributed by atoms with Crippen molar-refractivity contribution in [1.82, 2.24) is 9.55 Å². The van der Waals surface area contributed by atoms with Gasteiger partial charge in [-0.15, -0.1) is 0 Å². The summed E-state index contributed by atoms with van der Waals surface area (Å²) in [6.07, 6.45) is 7.12. The molecule has 1 heterocycles. The molecule has 0 amide bonds. The highest BCUT2D eigenvalue weighted by Gasteiger charge is 2.01. The van der Waals surface area contributed by atoms with E-state index in [2.05, 4.69) is 45.2 Å². The number of imidazole rings is 1. The van der Waals surface area contributed by atoms with Gasteiger partial charge in [0.2, 0.25) is 5.95 Å². The van der Waals surface area contributed by atoms with Gasteiger partial charge in [0, 0.05) is 38.7 Å². The lowest BCUT2D eigenvalue weighted by Crippen LogP contribution is -2.11. The zero-order chi connectivity index (χ0) is 14.8. The first kappa shape index (κ1) is 15.6. The van der Waals surface area contributed by atoms with Crippen molar-refractivity contribution in [2.24, 2.45) is 0 Å². The van der Waals surface area contributed by atoms with Crippen LogP contribution < -0.4 is 5.32 Å². The second-order valence-corrected chi connectivity index (χ2v) is 5.01. The first-order valence-electron chi connectivity index (χ1n) is 7.77. The van der Waals surface area contributed by atoms with Crippen molar-refractivity contribution >= 4 is 5.95 Å². The van der Waals surface area contributed by atoms with Crippen LogP contribution in [0.5, 0.6) is 0 Å². The fraction of sp³-hybridized carbons (Fsp3) is 0.471. The molecule has 4 heteroatoms. The van der Waals surface area contributed by atoms with Gasteiger partial charge in [-0.1, -0.05) is 30.3 Å². The molecule has 1 aromatic carbocycles. The normalized spacial score (nSPS) is 10.7. The van der Waals surface area contributed by atoms with Gasteiger partial charge in [-0.25, -0.2) is 4.98 Å². The van der Waals surface area contributed by atoms with E-state index in [1.165, 1.54) is 5.56 Å². The van der Waals surface area contributed by atoms with Crippen LogP contribution in [0.1, 0.15) is 25.3 Å². The van der Waals surface area contributed by atoms with Crippen LogP contribution in [0.4, 0.5) is 5.95 Å². The monoisotopic (exact) mass is 287 g/mol. The summed E-state index contributed by atoms with van der Waals surface area (Å²) >= 11 is 0. The summed E-state index contributed by atoms with van der Waals surface area (Å²) in [5, 5.41) is 3.37. The molecule has 1 aromatic heterocycles. The maximum atomic E-state index is 5.33. The minimum atomic E-state index is 0.786. The number of aromatic nitrogens is 2. The van der Waals surface area contributed by atoms with Gasteiger partial charge < -0.3 is 14.6 Å². The summed E-state index contributed by atoms with van der Waals surface area (Å²) < 4.78 is 7.51. The lowest BCUT2D eigenvalue weighted by molar-refractivity contribution is 0.147. The fourth-order valence-electron chi connectivity index (χ4n) is 2.27. The molecular formula is C17H25N3O. The van der Waals surface area contributed by atoms with Crippen LogP contribution >= 0.6 is 0 Å². The molecule has 0 fully saturated rings. The molecule has 4 nitrogen and oxygen atoms in total. The van der Waals surface area contributed by atoms with Crippen molar-refractivity contribution < 1.29 is 4.74 Å². The fourth-order valence-corrected chi connectivity index (χ4v) is 2.27. The Morgan fingerprint density at radius 3 is 2.86 bits per heavy atom. The molecule has 0 aliphatic heterocycles. The third-order valence-corrected chi connectivity index (χ3v) is 3.38. The van der Waals surface area contributed by atoms with Crippen LogP contribution in [-0.4, -0.2) is 29.3 Å². The van der Waals surface area contributed by atoms with E-state index in [-0.39, 0.29) is 0 Å². The van der Waals surface area contributed by atoms with Gasteiger partial charge in [0.15, 0.2) is 0 Å². The molecule has 0 saturated heterocycles. The van der Waals surface area contributed by atoms with Gasteiger partial charge in [0.25, 0.3) is 0 Å². The number of aryl methyl sites for hydroxylation is 2. The van der Waals surface area contributed by atoms with Crippen molar-refractivity contribution in [3.05, 3.63) is 48.3 Å². The van der Waals surface area contributed by atoms with Crippen LogP contribution in [0.3, 0.4) is 0 Å². The highest BCUT2D eigenvalue weighted by Crippen LogP contribution is 2.08. The number of ether oxygens (including phenoxy) is 1. The average molecular weight is 287 g/mol. The third kappa shape index (κ3) is 5.60. The van der Waals surface area contributed by atoms with E-state index < -0.39 is 0 Å². The highest BCUT2D eigenvalue weighted by molar-refractivity contribution is 5.25. The van der Waals surface area contributed by atoms with E-state index in [0.29, 0.717) is 0 Å². The number of rotatable bonds is 10. The SMILES string of the molecule is CCOCCCNc1nccn1CCCc1ccccc1. The Labute approximate surface area is 127 Å². The van der Waals surface area contributed by atoms with E-state index in [1.807, 2.05) is 19.3 Å². The van der Waals surface area contributed by atoms with Gasteiger partial charge in [-0.05, 0) is 31.7 Å². The van der Waals surface area contributed by atoms with Crippen LogP contribution in [0.25, 0.3) is 0 Å². The molecule has 0 aliphatic rings. The van der Waals surface area contributed by atoms with E-state index in [4.69, 9.17) is 4.74 Å². The van der Waals surface area contributed by atoms with E-state index in [9.17, 15) is 0 Å². The standard InChI is InChI=1S/C17H25N3O/c1-2-21-15-7-11-18-17-19-12-14-20(17)13-6-10-16-8-4-3-5-9-16/h3-5,8-9,12,14H,2,6-7,10-11,13,15H2,1H3,(H,18,19). The lowest BCUT2D eigenvalue weighted by Gasteiger charge is -2.10. The molecule has 2 rings (SSSR count). The molecule has 0 bridgehead atoms. The lowest BCUT2D eigenvalue weighted by atomic mass is 10.1. The predicted molar refractivity (Wildman–Crippen MR) is 86.6 cm³/mol. The van der Waals surface area contributed by atoms with Gasteiger partial charge in [0.1, 0.15) is 0 Å². The minimum absolute atomic E-state index is 0.786. The summed E-state index contributed by atoms with van der Waals surface area (Å²) in [6.45, 7) is 5.50. The maximum absolute atomic E-state index is 5.33. The van der Waals surface area contributed by atoms with Gasteiger partial charge in [-0.3, -0.25) is 0 Å². The third-order valence-electron chi connectivity index (χ3n) is 3.38. The summed E-state index contributed by atoms with van der Waals surface area (Å²) in [5.74, 6) is 0.958. The Morgan fingerprint density at radius 1 is 1.19 bits per heavy atom. The molecule has 0 saturated carbocycles. The Bertz CT molecular complexity index is 496. The summed E-state index contributed by atoms with van der Waals surface area (Å²) in [6, 6.07) is 10.6. The quantitative estimate of drug-likeness (QED) is 0.681. The number of hydrogen-bond donors (Lipinski definition) is 1. The van der Waals surface area contributed by atoms with Crippen molar-refractivity contribution in [3.63, 3.8) is 0 Å². The van der Waals surface area contributed by atoms with E-state index in [1.54, 1.807) is 0 Å². The number of nitrogens with one attached hydrogen (secondary N) is 1. The minimum Gasteiger partial charge on any atom is -0.382 e. The van der Waals surface area contributed by atoms with Crippen LogP contribution in [0, 0.1) is 0 Å². The highest BCUT2D eigenvalue weighted by atomic mass is 16.5. The molecule has 0 unspecified atom stereocenters. The van der Waals surface area contributed by atoms with Gasteiger partial charge in [-0.2, -0.15) is 0 Å². The average Bonchev–Trinajstić information content (AvgIpc) is 2.96. The molecule has 2 aromatic rings. The predicted octanol–water partition coefficient (Wildman–Crippen LogP) is 3.35. The maximum Gasteiger partial charge on any atom is 0.202 e. The Balaban J connectivity index is 1.70. The molecule has 0 radical (unpaired) electrons. The van der Waals surface area contributed by atoms with Gasteiger partial charge >= 0.3 is 0 Å². The summed E-state index contributed by atoms with van der Waals surface area (Å²) in [5.41, 5.74) is 1.39. The zero-order valence-corrected chi connectivity index (χ0v) is 12.8. The number of anilines is 1. The largest absolute Gasteiger partial charge is 0.382 e.